The lowest BCUT2D eigenvalue weighted by atomic mass is 10.0. The van der Waals surface area contributed by atoms with E-state index >= 15 is 0 Å². The summed E-state index contributed by atoms with van der Waals surface area (Å²) >= 11 is 0. The fraction of sp³-hybridized carbons (Fsp3) is 0.571. The van der Waals surface area contributed by atoms with Crippen LogP contribution in [0.2, 0.25) is 0 Å². The molecule has 1 aromatic rings. The van der Waals surface area contributed by atoms with E-state index in [4.69, 9.17) is 0 Å². The highest BCUT2D eigenvalue weighted by Crippen LogP contribution is 2.34. The zero-order chi connectivity index (χ0) is 16.2. The first-order valence-corrected chi connectivity index (χ1v) is 6.91. The van der Waals surface area contributed by atoms with E-state index in [0.29, 0.717) is 31.7 Å². The van der Waals surface area contributed by atoms with Crippen molar-refractivity contribution < 1.29 is 26.7 Å². The van der Waals surface area contributed by atoms with E-state index in [0.717, 1.165) is 0 Å². The van der Waals surface area contributed by atoms with Crippen molar-refractivity contribution in [1.29, 1.82) is 0 Å². The van der Waals surface area contributed by atoms with Gasteiger partial charge in [-0.15, -0.1) is 12.4 Å². The molecular formula is C14H18ClF5N2O. The molecule has 0 unspecified atom stereocenters. The van der Waals surface area contributed by atoms with Crippen LogP contribution in [-0.4, -0.2) is 43.9 Å². The lowest BCUT2D eigenvalue weighted by molar-refractivity contribution is -0.148. The van der Waals surface area contributed by atoms with Crippen LogP contribution in [0.3, 0.4) is 0 Å². The van der Waals surface area contributed by atoms with E-state index in [-0.39, 0.29) is 18.2 Å². The maximum absolute atomic E-state index is 12.8. The highest BCUT2D eigenvalue weighted by Gasteiger charge is 2.35. The minimum Gasteiger partial charge on any atom is -0.435 e. The molecule has 1 aliphatic rings. The Morgan fingerprint density at radius 2 is 1.65 bits per heavy atom. The van der Waals surface area contributed by atoms with Gasteiger partial charge in [0.2, 0.25) is 0 Å². The van der Waals surface area contributed by atoms with E-state index in [1.165, 1.54) is 24.3 Å². The molecule has 2 rings (SSSR count). The molecule has 1 atom stereocenters. The number of nitrogens with one attached hydrogen (secondary N) is 1. The van der Waals surface area contributed by atoms with Crippen LogP contribution < -0.4 is 10.1 Å². The zero-order valence-corrected chi connectivity index (χ0v) is 13.0. The average molecular weight is 361 g/mol. The number of nitrogens with zero attached hydrogens (tertiary/aromatic N) is 1. The van der Waals surface area contributed by atoms with Gasteiger partial charge in [0.25, 0.3) is 0 Å². The second-order valence-corrected chi connectivity index (χ2v) is 5.07. The molecule has 0 spiro atoms. The van der Waals surface area contributed by atoms with Crippen LogP contribution in [0.15, 0.2) is 24.3 Å². The smallest absolute Gasteiger partial charge is 0.390 e. The van der Waals surface area contributed by atoms with E-state index in [1.807, 2.05) is 0 Å². The van der Waals surface area contributed by atoms with Crippen molar-refractivity contribution >= 4 is 12.4 Å². The van der Waals surface area contributed by atoms with Gasteiger partial charge in [-0.2, -0.15) is 22.0 Å². The normalized spacial score (nSPS) is 17.7. The van der Waals surface area contributed by atoms with Crippen molar-refractivity contribution in [2.24, 2.45) is 0 Å². The highest BCUT2D eigenvalue weighted by atomic mass is 35.5. The largest absolute Gasteiger partial charge is 0.435 e. The van der Waals surface area contributed by atoms with Crippen molar-refractivity contribution in [2.75, 3.05) is 26.2 Å². The topological polar surface area (TPSA) is 24.5 Å². The molecule has 0 saturated carbocycles. The Kier molecular flexibility index (Phi) is 7.50. The maximum atomic E-state index is 12.8. The van der Waals surface area contributed by atoms with Crippen molar-refractivity contribution in [3.63, 3.8) is 0 Å². The fourth-order valence-corrected chi connectivity index (χ4v) is 2.54. The van der Waals surface area contributed by atoms with Crippen molar-refractivity contribution in [2.45, 2.75) is 25.3 Å². The summed E-state index contributed by atoms with van der Waals surface area (Å²) in [7, 11) is 0. The zero-order valence-electron chi connectivity index (χ0n) is 12.2. The lowest BCUT2D eigenvalue weighted by Gasteiger charge is -2.35. The number of benzene rings is 1. The molecule has 0 bridgehead atoms. The molecule has 1 aliphatic heterocycles. The molecule has 1 N–H and O–H groups in total. The molecule has 3 nitrogen and oxygen atoms in total. The highest BCUT2D eigenvalue weighted by molar-refractivity contribution is 5.85. The molecule has 132 valence electrons. The minimum atomic E-state index is -4.30. The predicted molar refractivity (Wildman–Crippen MR) is 78.2 cm³/mol. The van der Waals surface area contributed by atoms with Crippen LogP contribution in [0.1, 0.15) is 18.0 Å². The summed E-state index contributed by atoms with van der Waals surface area (Å²) in [6, 6.07) is 4.55. The van der Waals surface area contributed by atoms with Gasteiger partial charge < -0.3 is 10.1 Å². The van der Waals surface area contributed by atoms with Gasteiger partial charge in [0.05, 0.1) is 6.42 Å². The van der Waals surface area contributed by atoms with Crippen LogP contribution in [-0.2, 0) is 0 Å². The molecule has 1 aromatic carbocycles. The van der Waals surface area contributed by atoms with Gasteiger partial charge in [0.15, 0.2) is 0 Å². The van der Waals surface area contributed by atoms with Gasteiger partial charge in [-0.1, -0.05) is 12.1 Å². The lowest BCUT2D eigenvalue weighted by Crippen LogP contribution is -2.46. The molecule has 23 heavy (non-hydrogen) atoms. The minimum absolute atomic E-state index is 0. The first kappa shape index (κ1) is 19.9. The Hall–Kier alpha value is -1.12. The van der Waals surface area contributed by atoms with Gasteiger partial charge >= 0.3 is 12.8 Å². The third-order valence-electron chi connectivity index (χ3n) is 3.51. The van der Waals surface area contributed by atoms with Crippen molar-refractivity contribution in [3.05, 3.63) is 29.8 Å². The van der Waals surface area contributed by atoms with Gasteiger partial charge in [0.1, 0.15) is 5.75 Å². The first-order chi connectivity index (χ1) is 10.3. The number of piperazine rings is 1. The summed E-state index contributed by atoms with van der Waals surface area (Å²) in [5, 5.41) is 3.09. The van der Waals surface area contributed by atoms with Crippen molar-refractivity contribution in [1.82, 2.24) is 10.2 Å². The SMILES string of the molecule is Cl.FC(F)Oc1ccc([C@@H](CC(F)(F)F)N2CCNCC2)cc1. The second kappa shape index (κ2) is 8.65. The molecule has 1 saturated heterocycles. The van der Waals surface area contributed by atoms with E-state index in [9.17, 15) is 22.0 Å². The Morgan fingerprint density at radius 3 is 2.13 bits per heavy atom. The summed E-state index contributed by atoms with van der Waals surface area (Å²) in [5.41, 5.74) is 0.445. The number of ether oxygens (including phenoxy) is 1. The van der Waals surface area contributed by atoms with Gasteiger partial charge in [-0.05, 0) is 17.7 Å². The standard InChI is InChI=1S/C14H17F5N2O.ClH/c15-13(16)22-11-3-1-10(2-4-11)12(9-14(17,18)19)21-7-5-20-6-8-21;/h1-4,12-13,20H,5-9H2;1H/t12-;/m1./s1. The quantitative estimate of drug-likeness (QED) is 0.812. The third-order valence-corrected chi connectivity index (χ3v) is 3.51. The molecule has 0 aliphatic carbocycles. The fourth-order valence-electron chi connectivity index (χ4n) is 2.54. The van der Waals surface area contributed by atoms with Gasteiger partial charge in [-0.3, -0.25) is 4.90 Å². The molecule has 1 fully saturated rings. The third kappa shape index (κ3) is 6.48. The summed E-state index contributed by atoms with van der Waals surface area (Å²) in [5.74, 6) is -0.0650. The summed E-state index contributed by atoms with van der Waals surface area (Å²) in [6.45, 7) is -0.682. The van der Waals surface area contributed by atoms with Gasteiger partial charge in [0, 0.05) is 32.2 Å². The van der Waals surface area contributed by atoms with Crippen molar-refractivity contribution in [3.8, 4) is 5.75 Å². The number of hydrogen-bond donors (Lipinski definition) is 1. The summed E-state index contributed by atoms with van der Waals surface area (Å²) < 4.78 is 66.9. The molecule has 0 radical (unpaired) electrons. The van der Waals surface area contributed by atoms with Crippen LogP contribution in [0.5, 0.6) is 5.75 Å². The van der Waals surface area contributed by atoms with E-state index < -0.39 is 25.3 Å². The molecule has 0 aromatic heterocycles. The molecular weight excluding hydrogens is 343 g/mol. The Labute approximate surface area is 137 Å². The molecule has 9 heteroatoms. The summed E-state index contributed by atoms with van der Waals surface area (Å²) in [6.07, 6.45) is -5.27. The van der Waals surface area contributed by atoms with Crippen LogP contribution in [0.4, 0.5) is 22.0 Å². The Balaban J connectivity index is 0.00000264. The maximum Gasteiger partial charge on any atom is 0.390 e. The predicted octanol–water partition coefficient (Wildman–Crippen LogP) is 3.61. The van der Waals surface area contributed by atoms with Gasteiger partial charge in [-0.25, -0.2) is 0 Å². The number of hydrogen-bond acceptors (Lipinski definition) is 3. The summed E-state index contributed by atoms with van der Waals surface area (Å²) in [4.78, 5) is 1.76. The van der Waals surface area contributed by atoms with E-state index in [1.54, 1.807) is 4.90 Å². The Morgan fingerprint density at radius 1 is 1.09 bits per heavy atom. The van der Waals surface area contributed by atoms with Crippen LogP contribution in [0, 0.1) is 0 Å². The number of alkyl halides is 5. The van der Waals surface area contributed by atoms with Crippen LogP contribution in [0.25, 0.3) is 0 Å². The second-order valence-electron chi connectivity index (χ2n) is 5.07. The first-order valence-electron chi connectivity index (χ1n) is 6.91. The van der Waals surface area contributed by atoms with Crippen LogP contribution >= 0.6 is 12.4 Å². The monoisotopic (exact) mass is 360 g/mol. The van der Waals surface area contributed by atoms with E-state index in [2.05, 4.69) is 10.1 Å². The number of rotatable bonds is 5. The molecule has 0 amide bonds. The Bertz CT molecular complexity index is 463. The average Bonchev–Trinajstić information content (AvgIpc) is 2.45. The number of halogens is 6. The molecule has 1 heterocycles.